The molecule has 0 N–H and O–H groups in total. The van der Waals surface area contributed by atoms with Crippen LogP contribution in [0.15, 0.2) is 42.5 Å². The van der Waals surface area contributed by atoms with Crippen LogP contribution in [0, 0.1) is 0 Å². The molecule has 0 bridgehead atoms. The first-order chi connectivity index (χ1) is 13.8. The zero-order chi connectivity index (χ0) is 19.2. The van der Waals surface area contributed by atoms with Gasteiger partial charge in [0.1, 0.15) is 0 Å². The summed E-state index contributed by atoms with van der Waals surface area (Å²) in [6.45, 7) is 6.26. The van der Waals surface area contributed by atoms with Crippen molar-refractivity contribution in [2.24, 2.45) is 0 Å². The molecule has 28 heavy (non-hydrogen) atoms. The van der Waals surface area contributed by atoms with Crippen molar-refractivity contribution in [3.8, 4) is 0 Å². The molecule has 2 aromatic rings. The predicted molar refractivity (Wildman–Crippen MR) is 117 cm³/mol. The Morgan fingerprint density at radius 3 is 2.39 bits per heavy atom. The summed E-state index contributed by atoms with van der Waals surface area (Å²) in [5.41, 5.74) is 0.862. The topological polar surface area (TPSA) is 23.6 Å². The first-order valence-electron chi connectivity index (χ1n) is 11.3. The van der Waals surface area contributed by atoms with Gasteiger partial charge in [-0.1, -0.05) is 42.8 Å². The van der Waals surface area contributed by atoms with Gasteiger partial charge in [-0.25, -0.2) is 0 Å². The Kier molecular flexibility index (Phi) is 6.77. The van der Waals surface area contributed by atoms with Gasteiger partial charge in [0, 0.05) is 18.0 Å². The molecule has 2 saturated heterocycles. The van der Waals surface area contributed by atoms with Crippen LogP contribution < -0.4 is 0 Å². The maximum Gasteiger partial charge on any atom is 0.162 e. The minimum Gasteiger partial charge on any atom is -0.303 e. The molecule has 2 heterocycles. The van der Waals surface area contributed by atoms with Crippen LogP contribution >= 0.6 is 0 Å². The van der Waals surface area contributed by atoms with Gasteiger partial charge < -0.3 is 9.80 Å². The monoisotopic (exact) mass is 378 g/mol. The van der Waals surface area contributed by atoms with E-state index in [1.165, 1.54) is 63.7 Å². The van der Waals surface area contributed by atoms with Crippen LogP contribution in [0.4, 0.5) is 0 Å². The predicted octanol–water partition coefficient (Wildman–Crippen LogP) is 5.14. The molecule has 2 fully saturated rings. The molecule has 2 aliphatic rings. The zero-order valence-electron chi connectivity index (χ0n) is 17.1. The molecular formula is C25H34N2O. The minimum absolute atomic E-state index is 0.287. The smallest absolute Gasteiger partial charge is 0.162 e. The van der Waals surface area contributed by atoms with Crippen LogP contribution in [0.3, 0.4) is 0 Å². The second-order valence-electron chi connectivity index (χ2n) is 8.61. The summed E-state index contributed by atoms with van der Waals surface area (Å²) < 4.78 is 0. The number of likely N-dealkylation sites (tertiary alicyclic amines) is 2. The molecule has 0 radical (unpaired) electrons. The number of rotatable bonds is 7. The number of carbonyl (C=O) groups excluding carboxylic acids is 1. The van der Waals surface area contributed by atoms with E-state index < -0.39 is 0 Å². The Bertz CT molecular complexity index is 773. The molecule has 150 valence electrons. The van der Waals surface area contributed by atoms with Gasteiger partial charge in [-0.2, -0.15) is 0 Å². The first-order valence-corrected chi connectivity index (χ1v) is 11.3. The van der Waals surface area contributed by atoms with Crippen molar-refractivity contribution in [3.05, 3.63) is 48.0 Å². The highest BCUT2D eigenvalue weighted by Gasteiger charge is 2.25. The van der Waals surface area contributed by atoms with E-state index in [-0.39, 0.29) is 5.78 Å². The number of ketones is 1. The Hall–Kier alpha value is -1.71. The standard InChI is InChI=1S/C25H34N2O/c28-25(23-12-11-21-8-2-3-9-22(21)20-23)10-4-7-15-26-18-13-24(14-19-26)27-16-5-1-6-17-27/h2-3,8-9,11-12,20,24H,1,4-7,10,13-19H2. The van der Waals surface area contributed by atoms with Crippen molar-refractivity contribution in [2.45, 2.75) is 57.4 Å². The largest absolute Gasteiger partial charge is 0.303 e. The van der Waals surface area contributed by atoms with Gasteiger partial charge in [0.2, 0.25) is 0 Å². The lowest BCUT2D eigenvalue weighted by Crippen LogP contribution is -2.46. The van der Waals surface area contributed by atoms with E-state index in [0.29, 0.717) is 6.42 Å². The minimum atomic E-state index is 0.287. The molecule has 3 heteroatoms. The summed E-state index contributed by atoms with van der Waals surface area (Å²) in [7, 11) is 0. The molecule has 0 aromatic heterocycles. The summed E-state index contributed by atoms with van der Waals surface area (Å²) in [5, 5.41) is 2.36. The lowest BCUT2D eigenvalue weighted by atomic mass is 9.99. The quantitative estimate of drug-likeness (QED) is 0.492. The third-order valence-electron chi connectivity index (χ3n) is 6.66. The summed E-state index contributed by atoms with van der Waals surface area (Å²) >= 11 is 0. The Labute approximate surface area is 169 Å². The molecule has 2 aliphatic heterocycles. The molecule has 0 amide bonds. The summed E-state index contributed by atoms with van der Waals surface area (Å²) in [5.74, 6) is 0.287. The van der Waals surface area contributed by atoms with E-state index in [0.717, 1.165) is 36.4 Å². The van der Waals surface area contributed by atoms with Crippen LogP contribution in [0.5, 0.6) is 0 Å². The van der Waals surface area contributed by atoms with Crippen molar-refractivity contribution in [3.63, 3.8) is 0 Å². The fraction of sp³-hybridized carbons (Fsp3) is 0.560. The number of fused-ring (bicyclic) bond motifs is 1. The van der Waals surface area contributed by atoms with Gasteiger partial charge in [-0.15, -0.1) is 0 Å². The highest BCUT2D eigenvalue weighted by molar-refractivity contribution is 5.99. The van der Waals surface area contributed by atoms with Gasteiger partial charge in [-0.05, 0) is 88.1 Å². The fourth-order valence-corrected chi connectivity index (χ4v) is 4.92. The summed E-state index contributed by atoms with van der Waals surface area (Å²) in [6.07, 6.45) is 9.67. The molecule has 0 spiro atoms. The van der Waals surface area contributed by atoms with Crippen LogP contribution in [0.25, 0.3) is 10.8 Å². The van der Waals surface area contributed by atoms with Gasteiger partial charge >= 0.3 is 0 Å². The third kappa shape index (κ3) is 5.01. The van der Waals surface area contributed by atoms with E-state index in [9.17, 15) is 4.79 Å². The molecule has 4 rings (SSSR count). The highest BCUT2D eigenvalue weighted by Crippen LogP contribution is 2.21. The lowest BCUT2D eigenvalue weighted by Gasteiger charge is -2.40. The van der Waals surface area contributed by atoms with Crippen molar-refractivity contribution in [2.75, 3.05) is 32.7 Å². The lowest BCUT2D eigenvalue weighted by molar-refractivity contribution is 0.0907. The third-order valence-corrected chi connectivity index (χ3v) is 6.66. The molecule has 0 atom stereocenters. The van der Waals surface area contributed by atoms with Crippen molar-refractivity contribution >= 4 is 16.6 Å². The van der Waals surface area contributed by atoms with E-state index in [4.69, 9.17) is 0 Å². The second kappa shape index (κ2) is 9.67. The van der Waals surface area contributed by atoms with Crippen molar-refractivity contribution in [1.82, 2.24) is 9.80 Å². The molecular weight excluding hydrogens is 344 g/mol. The molecule has 0 saturated carbocycles. The first kappa shape index (κ1) is 19.6. The number of hydrogen-bond donors (Lipinski definition) is 0. The van der Waals surface area contributed by atoms with Crippen molar-refractivity contribution < 1.29 is 4.79 Å². The Morgan fingerprint density at radius 2 is 1.61 bits per heavy atom. The number of nitrogens with zero attached hydrogens (tertiary/aromatic N) is 2. The Balaban J connectivity index is 1.16. The van der Waals surface area contributed by atoms with Crippen LogP contribution in [-0.2, 0) is 0 Å². The number of Topliss-reactive ketones (excluding diaryl/α,β-unsaturated/α-hetero) is 1. The van der Waals surface area contributed by atoms with Crippen LogP contribution in [0.1, 0.15) is 61.7 Å². The van der Waals surface area contributed by atoms with Crippen molar-refractivity contribution in [1.29, 1.82) is 0 Å². The summed E-state index contributed by atoms with van der Waals surface area (Å²) in [4.78, 5) is 17.9. The number of hydrogen-bond acceptors (Lipinski definition) is 3. The van der Waals surface area contributed by atoms with Gasteiger partial charge in [0.05, 0.1) is 0 Å². The van der Waals surface area contributed by atoms with E-state index in [2.05, 4.69) is 28.0 Å². The molecule has 2 aromatic carbocycles. The van der Waals surface area contributed by atoms with E-state index in [1.54, 1.807) is 0 Å². The Morgan fingerprint density at radius 1 is 0.857 bits per heavy atom. The molecule has 0 aliphatic carbocycles. The maximum absolute atomic E-state index is 12.5. The maximum atomic E-state index is 12.5. The number of unbranched alkanes of at least 4 members (excludes halogenated alkanes) is 1. The summed E-state index contributed by atoms with van der Waals surface area (Å²) in [6, 6.07) is 15.2. The fourth-order valence-electron chi connectivity index (χ4n) is 4.92. The SMILES string of the molecule is O=C(CCCCN1CCC(N2CCCCC2)CC1)c1ccc2ccccc2c1. The normalized spacial score (nSPS) is 19.9. The number of benzene rings is 2. The zero-order valence-corrected chi connectivity index (χ0v) is 17.1. The highest BCUT2D eigenvalue weighted by atomic mass is 16.1. The molecule has 0 unspecified atom stereocenters. The average Bonchev–Trinajstić information content (AvgIpc) is 2.77. The van der Waals surface area contributed by atoms with Crippen LogP contribution in [-0.4, -0.2) is 54.3 Å². The number of piperidine rings is 2. The van der Waals surface area contributed by atoms with Gasteiger partial charge in [0.25, 0.3) is 0 Å². The van der Waals surface area contributed by atoms with Gasteiger partial charge in [0.15, 0.2) is 5.78 Å². The number of carbonyl (C=O) groups is 1. The average molecular weight is 379 g/mol. The van der Waals surface area contributed by atoms with Gasteiger partial charge in [-0.3, -0.25) is 4.79 Å². The van der Waals surface area contributed by atoms with Crippen LogP contribution in [0.2, 0.25) is 0 Å². The van der Waals surface area contributed by atoms with E-state index in [1.807, 2.05) is 24.3 Å². The second-order valence-corrected chi connectivity index (χ2v) is 8.61. The molecule has 3 nitrogen and oxygen atoms in total. The van der Waals surface area contributed by atoms with E-state index >= 15 is 0 Å².